The molecule has 3 aliphatic carbocycles. The van der Waals surface area contributed by atoms with Crippen LogP contribution < -0.4 is 28.9 Å². The molecule has 606 valence electrons. The Morgan fingerprint density at radius 2 is 0.649 bits per heavy atom. The first-order valence-corrected chi connectivity index (χ1v) is 33.9. The van der Waals surface area contributed by atoms with Crippen LogP contribution in [0.5, 0.6) is 17.2 Å². The number of hydrogen-bond donors (Lipinski definition) is 3. The van der Waals surface area contributed by atoms with Crippen molar-refractivity contribution in [3.63, 3.8) is 0 Å². The molecule has 3 heterocycles. The normalized spacial score (nSPS) is 18.8. The number of carbonyl (C=O) groups excluding carboxylic acids is 3. The third-order valence-electron chi connectivity index (χ3n) is 20.4. The van der Waals surface area contributed by atoms with E-state index in [0.717, 1.165) is 23.5 Å². The largest absolute Gasteiger partial charge is 0.495 e. The van der Waals surface area contributed by atoms with Crippen LogP contribution in [-0.2, 0) is 69.5 Å². The van der Waals surface area contributed by atoms with Gasteiger partial charge in [-0.3, -0.25) is 14.4 Å². The maximum atomic E-state index is 15.2. The summed E-state index contributed by atoms with van der Waals surface area (Å²) in [5.41, 5.74) is -20.3. The first-order chi connectivity index (χ1) is 51.6. The number of halogens is 22. The molecule has 0 aromatic heterocycles. The van der Waals surface area contributed by atoms with E-state index in [4.69, 9.17) is 28.4 Å². The molecule has 0 bridgehead atoms. The van der Waals surface area contributed by atoms with Gasteiger partial charge >= 0.3 is 37.1 Å². The van der Waals surface area contributed by atoms with Crippen LogP contribution in [0.25, 0.3) is 0 Å². The van der Waals surface area contributed by atoms with Crippen molar-refractivity contribution in [3.05, 3.63) is 174 Å². The second kappa shape index (κ2) is 31.4. The maximum absolute atomic E-state index is 15.2. The van der Waals surface area contributed by atoms with E-state index in [0.29, 0.717) is 142 Å². The number of anilines is 3. The molecule has 6 aromatic carbocycles. The average Bonchev–Trinajstić information content (AvgIpc) is 1.51. The SMILES string of the molecule is COc1cc2c(cc1N1CCOCC1)CC(Cc1c(F)ccc(C(O)(C(F)(F)F)C(F)(F)F)c1F)C2=O.COc1cc2c(cc1N1CCOCC1)CC(Cc1cc(C)cc(C(O)(C(F)(F)F)C(F)(F)F)c1F)C2=O.COc1cc2c(cc1N1CCOCC1)CC(Cc1cc(C)cc(C(O)(C(F)(F)F)C(F)(F)F)c1F)C2=O. The molecule has 12 rings (SSSR count). The minimum absolute atomic E-state index is 0.0541. The number of hydrogen-bond acceptors (Lipinski definition) is 15. The van der Waals surface area contributed by atoms with Gasteiger partial charge < -0.3 is 58.4 Å². The van der Waals surface area contributed by atoms with Crippen molar-refractivity contribution in [1.29, 1.82) is 0 Å². The van der Waals surface area contributed by atoms with E-state index in [1.54, 1.807) is 30.3 Å². The molecule has 37 heteroatoms. The fourth-order valence-electron chi connectivity index (χ4n) is 14.7. The summed E-state index contributed by atoms with van der Waals surface area (Å²) in [6, 6.07) is 12.7. The number of aliphatic hydroxyl groups is 3. The molecule has 0 spiro atoms. The first kappa shape index (κ1) is 84.8. The Morgan fingerprint density at radius 3 is 0.919 bits per heavy atom. The zero-order valence-electron chi connectivity index (χ0n) is 59.1. The Labute approximate surface area is 617 Å². The first-order valence-electron chi connectivity index (χ1n) is 33.9. The molecule has 6 aromatic rings. The van der Waals surface area contributed by atoms with E-state index in [9.17, 15) is 113 Å². The van der Waals surface area contributed by atoms with Crippen LogP contribution >= 0.6 is 0 Å². The Balaban J connectivity index is 0.000000177. The van der Waals surface area contributed by atoms with Gasteiger partial charge in [0.1, 0.15) is 40.5 Å². The number of methoxy groups -OCH3 is 3. The molecule has 0 saturated carbocycles. The van der Waals surface area contributed by atoms with E-state index in [2.05, 4.69) is 0 Å². The number of aryl methyl sites for hydroxylation is 2. The number of ketones is 3. The van der Waals surface area contributed by atoms with E-state index in [1.807, 2.05) is 14.7 Å². The van der Waals surface area contributed by atoms with Crippen molar-refractivity contribution in [2.75, 3.05) is 115 Å². The lowest BCUT2D eigenvalue weighted by atomic mass is 9.86. The minimum atomic E-state index is -6.35. The summed E-state index contributed by atoms with van der Waals surface area (Å²) in [7, 11) is 4.27. The van der Waals surface area contributed by atoms with Crippen LogP contribution in [0.3, 0.4) is 0 Å². The number of fused-ring (bicyclic) bond motifs is 3. The van der Waals surface area contributed by atoms with Gasteiger partial charge in [0.25, 0.3) is 16.8 Å². The third-order valence-corrected chi connectivity index (χ3v) is 20.4. The topological polar surface area (TPSA) is 177 Å². The Morgan fingerprint density at radius 1 is 0.378 bits per heavy atom. The van der Waals surface area contributed by atoms with Gasteiger partial charge in [0.05, 0.1) is 78.0 Å². The van der Waals surface area contributed by atoms with E-state index in [-0.39, 0.29) is 48.1 Å². The van der Waals surface area contributed by atoms with E-state index < -0.39 is 165 Å². The van der Waals surface area contributed by atoms with Crippen LogP contribution in [0, 0.1) is 54.9 Å². The molecule has 3 unspecified atom stereocenters. The lowest BCUT2D eigenvalue weighted by Gasteiger charge is -2.33. The quantitative estimate of drug-likeness (QED) is 0.0827. The Bertz CT molecular complexity index is 4270. The predicted molar refractivity (Wildman–Crippen MR) is 350 cm³/mol. The van der Waals surface area contributed by atoms with Gasteiger partial charge in [0, 0.05) is 96.0 Å². The Kier molecular flexibility index (Phi) is 24.0. The zero-order chi connectivity index (χ0) is 82.0. The summed E-state index contributed by atoms with van der Waals surface area (Å²) in [6.07, 6.45) is -39.2. The number of rotatable bonds is 15. The van der Waals surface area contributed by atoms with Gasteiger partial charge in [-0.25, -0.2) is 17.6 Å². The monoisotopic (exact) mass is 1610 g/mol. The van der Waals surface area contributed by atoms with Crippen LogP contribution in [0.15, 0.2) is 72.8 Å². The third kappa shape index (κ3) is 16.0. The number of ether oxygens (including phenoxy) is 6. The van der Waals surface area contributed by atoms with Gasteiger partial charge in [-0.15, -0.1) is 0 Å². The van der Waals surface area contributed by atoms with Crippen LogP contribution in [-0.4, -0.2) is 170 Å². The molecule has 3 atom stereocenters. The second-order valence-corrected chi connectivity index (χ2v) is 27.3. The smallest absolute Gasteiger partial charge is 0.430 e. The van der Waals surface area contributed by atoms with Gasteiger partial charge in [0.2, 0.25) is 0 Å². The summed E-state index contributed by atoms with van der Waals surface area (Å²) in [6.45, 7) is 8.71. The lowest BCUT2D eigenvalue weighted by molar-refractivity contribution is -0.377. The van der Waals surface area contributed by atoms with Gasteiger partial charge in [-0.05, 0) is 141 Å². The number of carbonyl (C=O) groups is 3. The number of Topliss-reactive ketones (excluding diaryl/α,β-unsaturated/α-hetero) is 3. The van der Waals surface area contributed by atoms with Crippen LogP contribution in [0.2, 0.25) is 0 Å². The molecule has 15 nitrogen and oxygen atoms in total. The van der Waals surface area contributed by atoms with Crippen molar-refractivity contribution in [2.45, 2.75) is 106 Å². The highest BCUT2D eigenvalue weighted by molar-refractivity contribution is 6.05. The number of benzene rings is 6. The predicted octanol–water partition coefficient (Wildman–Crippen LogP) is 14.5. The second-order valence-electron chi connectivity index (χ2n) is 27.3. The summed E-state index contributed by atoms with van der Waals surface area (Å²) < 4.78 is 333. The highest BCUT2D eigenvalue weighted by atomic mass is 19.4. The van der Waals surface area contributed by atoms with E-state index in [1.165, 1.54) is 41.2 Å². The maximum Gasteiger partial charge on any atom is 0.430 e. The molecular weight excluding hydrogens is 1540 g/mol. The summed E-state index contributed by atoms with van der Waals surface area (Å²) in [4.78, 5) is 45.3. The molecular formula is C74H69F22N3O12. The molecule has 3 fully saturated rings. The molecule has 0 radical (unpaired) electrons. The molecule has 111 heavy (non-hydrogen) atoms. The molecule has 3 N–H and O–H groups in total. The van der Waals surface area contributed by atoms with E-state index >= 15 is 13.2 Å². The molecule has 3 aliphatic heterocycles. The van der Waals surface area contributed by atoms with Gasteiger partial charge in [0.15, 0.2) is 17.3 Å². The molecule has 3 saturated heterocycles. The summed E-state index contributed by atoms with van der Waals surface area (Å²) >= 11 is 0. The van der Waals surface area contributed by atoms with Crippen molar-refractivity contribution >= 4 is 34.4 Å². The molecule has 6 aliphatic rings. The van der Waals surface area contributed by atoms with Crippen molar-refractivity contribution in [3.8, 4) is 17.2 Å². The fraction of sp³-hybridized carbons (Fsp3) is 0.473. The summed E-state index contributed by atoms with van der Waals surface area (Å²) in [5.74, 6) is -10.6. The standard InChI is InChI=1S/2C25H24F7NO4.C24H21F8NO4/c2*1-13-7-15(21(26)18(8-13)23(35,24(27,28)29)25(30,31)32)10-16-9-14-11-19(33-3-5-37-6-4-33)20(36-2)12-17(14)22(16)34;1-36-19-11-14-12(10-18(19)33-4-6-37-7-5-33)8-13(21(14)34)9-15-17(25)3-2-16(20(15)26)22(35,23(27,28)29)24(30,31)32/h2*7-8,11-12,16,35H,3-6,9-10H2,1-2H3;2-3,10-11,13,35H,4-9H2,1H3. The van der Waals surface area contributed by atoms with Crippen molar-refractivity contribution in [1.82, 2.24) is 0 Å². The number of alkyl halides is 18. The van der Waals surface area contributed by atoms with Crippen LogP contribution in [0.4, 0.5) is 114 Å². The highest BCUT2D eigenvalue weighted by Crippen LogP contribution is 2.55. The average molecular weight is 1610 g/mol. The van der Waals surface area contributed by atoms with Gasteiger partial charge in [-0.1, -0.05) is 23.3 Å². The summed E-state index contributed by atoms with van der Waals surface area (Å²) in [5, 5.41) is 29.1. The number of nitrogens with zero attached hydrogens (tertiary/aromatic N) is 3. The highest BCUT2D eigenvalue weighted by Gasteiger charge is 2.75. The Hall–Kier alpha value is -8.65. The van der Waals surface area contributed by atoms with Gasteiger partial charge in [-0.2, -0.15) is 79.0 Å². The van der Waals surface area contributed by atoms with Crippen LogP contribution in [0.1, 0.15) is 92.3 Å². The number of morpholine rings is 3. The molecule has 0 amide bonds. The fourth-order valence-corrected chi connectivity index (χ4v) is 14.7. The van der Waals surface area contributed by atoms with Crippen molar-refractivity contribution < 1.29 is 155 Å². The zero-order valence-corrected chi connectivity index (χ0v) is 59.1. The minimum Gasteiger partial charge on any atom is -0.495 e. The lowest BCUT2D eigenvalue weighted by Crippen LogP contribution is -2.54. The van der Waals surface area contributed by atoms with Crippen molar-refractivity contribution in [2.24, 2.45) is 17.8 Å².